The Labute approximate surface area is 140 Å². The lowest BCUT2D eigenvalue weighted by Gasteiger charge is -2.26. The molecule has 1 N–H and O–H groups in total. The molecular weight excluding hydrogens is 292 g/mol. The van der Waals surface area contributed by atoms with Gasteiger partial charge in [0.15, 0.2) is 5.96 Å². The molecule has 3 aliphatic rings. The van der Waals surface area contributed by atoms with Gasteiger partial charge in [0.2, 0.25) is 0 Å². The highest BCUT2D eigenvalue weighted by atomic mass is 16.5. The highest BCUT2D eigenvalue weighted by Gasteiger charge is 2.42. The van der Waals surface area contributed by atoms with Gasteiger partial charge >= 0.3 is 0 Å². The standard InChI is InChI=1S/C17H32N4O2/c1-2-18-16(19-6-3-7-20-9-12-22-13-10-20)21-8-4-17(14-21)5-11-23-15-17/h2-15H2,1H3,(H,18,19). The quantitative estimate of drug-likeness (QED) is 0.460. The van der Waals surface area contributed by atoms with Crippen molar-refractivity contribution in [1.29, 1.82) is 0 Å². The second-order valence-corrected chi connectivity index (χ2v) is 7.02. The zero-order valence-electron chi connectivity index (χ0n) is 14.6. The molecule has 3 rings (SSSR count). The molecule has 0 amide bonds. The second kappa shape index (κ2) is 8.31. The molecule has 0 aromatic heterocycles. The number of ether oxygens (including phenoxy) is 2. The zero-order chi connectivity index (χ0) is 16.0. The molecule has 6 heteroatoms. The van der Waals surface area contributed by atoms with Gasteiger partial charge in [0.05, 0.1) is 19.8 Å². The van der Waals surface area contributed by atoms with Crippen molar-refractivity contribution >= 4 is 5.96 Å². The number of morpholine rings is 1. The van der Waals surface area contributed by atoms with Crippen molar-refractivity contribution < 1.29 is 9.47 Å². The minimum absolute atomic E-state index is 0.393. The minimum atomic E-state index is 0.393. The molecule has 3 saturated heterocycles. The van der Waals surface area contributed by atoms with E-state index in [9.17, 15) is 0 Å². The predicted octanol–water partition coefficient (Wildman–Crippen LogP) is 0.787. The summed E-state index contributed by atoms with van der Waals surface area (Å²) in [5, 5.41) is 3.47. The molecule has 132 valence electrons. The van der Waals surface area contributed by atoms with E-state index < -0.39 is 0 Å². The van der Waals surface area contributed by atoms with E-state index in [4.69, 9.17) is 14.5 Å². The molecule has 3 fully saturated rings. The van der Waals surface area contributed by atoms with Crippen LogP contribution < -0.4 is 5.32 Å². The summed E-state index contributed by atoms with van der Waals surface area (Å²) in [5.41, 5.74) is 0.393. The molecule has 0 radical (unpaired) electrons. The number of guanidine groups is 1. The first kappa shape index (κ1) is 17.0. The van der Waals surface area contributed by atoms with E-state index in [-0.39, 0.29) is 0 Å². The summed E-state index contributed by atoms with van der Waals surface area (Å²) in [5.74, 6) is 1.10. The van der Waals surface area contributed by atoms with E-state index in [0.29, 0.717) is 5.41 Å². The molecule has 0 aromatic carbocycles. The monoisotopic (exact) mass is 324 g/mol. The molecule has 1 spiro atoms. The number of nitrogens with one attached hydrogen (secondary N) is 1. The van der Waals surface area contributed by atoms with Gasteiger partial charge in [-0.15, -0.1) is 0 Å². The third-order valence-electron chi connectivity index (χ3n) is 5.26. The average Bonchev–Trinajstić information content (AvgIpc) is 3.22. The molecule has 0 aromatic rings. The van der Waals surface area contributed by atoms with Crippen LogP contribution in [0.25, 0.3) is 0 Å². The van der Waals surface area contributed by atoms with Crippen LogP contribution in [0.4, 0.5) is 0 Å². The maximum Gasteiger partial charge on any atom is 0.193 e. The first-order valence-electron chi connectivity index (χ1n) is 9.22. The maximum absolute atomic E-state index is 5.63. The van der Waals surface area contributed by atoms with Gasteiger partial charge in [0, 0.05) is 57.8 Å². The van der Waals surface area contributed by atoms with E-state index in [1.165, 1.54) is 12.8 Å². The van der Waals surface area contributed by atoms with Crippen LogP contribution in [0.15, 0.2) is 4.99 Å². The predicted molar refractivity (Wildman–Crippen MR) is 91.9 cm³/mol. The fourth-order valence-corrected chi connectivity index (χ4v) is 3.82. The van der Waals surface area contributed by atoms with Crippen LogP contribution in [0.2, 0.25) is 0 Å². The number of aliphatic imine (C=N–C) groups is 1. The molecule has 6 nitrogen and oxygen atoms in total. The van der Waals surface area contributed by atoms with E-state index in [1.807, 2.05) is 0 Å². The molecule has 3 heterocycles. The maximum atomic E-state index is 5.63. The van der Waals surface area contributed by atoms with Crippen LogP contribution in [-0.4, -0.2) is 88.0 Å². The summed E-state index contributed by atoms with van der Waals surface area (Å²) in [6.07, 6.45) is 3.57. The minimum Gasteiger partial charge on any atom is -0.381 e. The highest BCUT2D eigenvalue weighted by Crippen LogP contribution is 2.38. The third-order valence-corrected chi connectivity index (χ3v) is 5.26. The Kier molecular flexibility index (Phi) is 6.14. The number of rotatable bonds is 5. The number of nitrogens with zero attached hydrogens (tertiary/aromatic N) is 3. The first-order chi connectivity index (χ1) is 11.3. The molecule has 0 aliphatic carbocycles. The molecule has 1 unspecified atom stereocenters. The highest BCUT2D eigenvalue weighted by molar-refractivity contribution is 5.80. The van der Waals surface area contributed by atoms with Crippen molar-refractivity contribution in [2.45, 2.75) is 26.2 Å². The van der Waals surface area contributed by atoms with Crippen molar-refractivity contribution in [2.24, 2.45) is 10.4 Å². The Hall–Kier alpha value is -0.850. The second-order valence-electron chi connectivity index (χ2n) is 7.02. The molecule has 1 atom stereocenters. The summed E-state index contributed by atoms with van der Waals surface area (Å²) >= 11 is 0. The van der Waals surface area contributed by atoms with Gasteiger partial charge in [-0.3, -0.25) is 9.89 Å². The molecular formula is C17H32N4O2. The van der Waals surface area contributed by atoms with Crippen LogP contribution in [0.5, 0.6) is 0 Å². The van der Waals surface area contributed by atoms with Gasteiger partial charge in [0.1, 0.15) is 0 Å². The Morgan fingerprint density at radius 3 is 2.74 bits per heavy atom. The normalized spacial score (nSPS) is 29.6. The lowest BCUT2D eigenvalue weighted by atomic mass is 9.87. The molecule has 3 aliphatic heterocycles. The Morgan fingerprint density at radius 2 is 2.00 bits per heavy atom. The fourth-order valence-electron chi connectivity index (χ4n) is 3.82. The van der Waals surface area contributed by atoms with Crippen molar-refractivity contribution in [3.05, 3.63) is 0 Å². The number of likely N-dealkylation sites (tertiary alicyclic amines) is 1. The van der Waals surface area contributed by atoms with Crippen LogP contribution in [0.1, 0.15) is 26.2 Å². The Bertz CT molecular complexity index is 390. The average molecular weight is 324 g/mol. The molecule has 23 heavy (non-hydrogen) atoms. The van der Waals surface area contributed by atoms with E-state index in [2.05, 4.69) is 22.0 Å². The largest absolute Gasteiger partial charge is 0.381 e. The fraction of sp³-hybridized carbons (Fsp3) is 0.941. The third kappa shape index (κ3) is 4.58. The van der Waals surface area contributed by atoms with Gasteiger partial charge in [-0.2, -0.15) is 0 Å². The lowest BCUT2D eigenvalue weighted by molar-refractivity contribution is 0.0377. The van der Waals surface area contributed by atoms with Crippen LogP contribution in [0, 0.1) is 5.41 Å². The topological polar surface area (TPSA) is 49.3 Å². The Balaban J connectivity index is 1.45. The van der Waals surface area contributed by atoms with Crippen LogP contribution in [0.3, 0.4) is 0 Å². The first-order valence-corrected chi connectivity index (χ1v) is 9.22. The summed E-state index contributed by atoms with van der Waals surface area (Å²) in [6.45, 7) is 13.1. The zero-order valence-corrected chi connectivity index (χ0v) is 14.6. The van der Waals surface area contributed by atoms with Gasteiger partial charge in [0.25, 0.3) is 0 Å². The summed E-state index contributed by atoms with van der Waals surface area (Å²) in [4.78, 5) is 9.78. The summed E-state index contributed by atoms with van der Waals surface area (Å²) in [7, 11) is 0. The SMILES string of the molecule is CCNC(=NCCCN1CCOCC1)N1CCC2(CCOC2)C1. The van der Waals surface area contributed by atoms with Gasteiger partial charge < -0.3 is 19.7 Å². The molecule has 0 saturated carbocycles. The number of hydrogen-bond acceptors (Lipinski definition) is 4. The molecule has 0 bridgehead atoms. The van der Waals surface area contributed by atoms with Crippen molar-refractivity contribution in [2.75, 3.05) is 72.2 Å². The number of hydrogen-bond donors (Lipinski definition) is 1. The smallest absolute Gasteiger partial charge is 0.193 e. The Morgan fingerprint density at radius 1 is 1.13 bits per heavy atom. The summed E-state index contributed by atoms with van der Waals surface area (Å²) in [6, 6.07) is 0. The van der Waals surface area contributed by atoms with E-state index in [1.54, 1.807) is 0 Å². The summed E-state index contributed by atoms with van der Waals surface area (Å²) < 4.78 is 11.0. The lowest BCUT2D eigenvalue weighted by Crippen LogP contribution is -2.41. The van der Waals surface area contributed by atoms with Gasteiger partial charge in [-0.1, -0.05) is 0 Å². The van der Waals surface area contributed by atoms with Crippen molar-refractivity contribution in [3.63, 3.8) is 0 Å². The van der Waals surface area contributed by atoms with Crippen molar-refractivity contribution in [1.82, 2.24) is 15.1 Å². The van der Waals surface area contributed by atoms with Crippen LogP contribution >= 0.6 is 0 Å². The van der Waals surface area contributed by atoms with Crippen molar-refractivity contribution in [3.8, 4) is 0 Å². The van der Waals surface area contributed by atoms with Gasteiger partial charge in [-0.05, 0) is 26.2 Å². The van der Waals surface area contributed by atoms with E-state index in [0.717, 1.165) is 84.6 Å². The van der Waals surface area contributed by atoms with E-state index >= 15 is 0 Å². The van der Waals surface area contributed by atoms with Crippen LogP contribution in [-0.2, 0) is 9.47 Å². The van der Waals surface area contributed by atoms with Gasteiger partial charge in [-0.25, -0.2) is 0 Å².